The number of sulfonamides is 1. The van der Waals surface area contributed by atoms with Crippen LogP contribution in [0, 0.1) is 6.92 Å². The molecule has 3 rings (SSSR count). The Morgan fingerprint density at radius 3 is 2.23 bits per heavy atom. The average molecular weight is 431 g/mol. The lowest BCUT2D eigenvalue weighted by atomic mass is 9.96. The molecule has 0 saturated heterocycles. The fraction of sp³-hybridized carbons (Fsp3) is 0.435. The first kappa shape index (κ1) is 22.3. The van der Waals surface area contributed by atoms with Crippen molar-refractivity contribution in [3.63, 3.8) is 0 Å². The zero-order chi connectivity index (χ0) is 21.7. The molecule has 1 aliphatic carbocycles. The van der Waals surface area contributed by atoms with Gasteiger partial charge < -0.3 is 10.1 Å². The Balaban J connectivity index is 1.61. The second-order valence-corrected chi connectivity index (χ2v) is 9.90. The molecule has 1 fully saturated rings. The first-order valence-electron chi connectivity index (χ1n) is 10.4. The molecule has 0 heterocycles. The molecule has 1 saturated carbocycles. The summed E-state index contributed by atoms with van der Waals surface area (Å²) >= 11 is 0. The summed E-state index contributed by atoms with van der Waals surface area (Å²) in [5.41, 5.74) is 1.64. The van der Waals surface area contributed by atoms with Crippen LogP contribution in [-0.4, -0.2) is 37.8 Å². The number of hydrogen-bond acceptors (Lipinski definition) is 4. The number of nitrogens with zero attached hydrogens (tertiary/aromatic N) is 1. The van der Waals surface area contributed by atoms with Gasteiger partial charge in [0.05, 0.1) is 4.90 Å². The molecule has 0 aliphatic heterocycles. The standard InChI is InChI=1S/C23H30N2O4S/c1-17-9-13-21(14-10-17)29-18(2)23(26)24-19-11-15-22(16-12-19)30(27,28)25(3)20-7-5-4-6-8-20/h9-16,18,20H,4-8H2,1-3H3,(H,24,26). The number of nitrogens with one attached hydrogen (secondary N) is 1. The van der Waals surface area contributed by atoms with Gasteiger partial charge in [0.2, 0.25) is 10.0 Å². The normalized spacial score (nSPS) is 16.3. The van der Waals surface area contributed by atoms with Gasteiger partial charge in [-0.05, 0) is 63.1 Å². The van der Waals surface area contributed by atoms with Crippen molar-refractivity contribution < 1.29 is 17.9 Å². The number of rotatable bonds is 7. The smallest absolute Gasteiger partial charge is 0.265 e. The van der Waals surface area contributed by atoms with Crippen LogP contribution in [0.15, 0.2) is 53.4 Å². The molecule has 1 N–H and O–H groups in total. The Morgan fingerprint density at radius 1 is 1.03 bits per heavy atom. The lowest BCUT2D eigenvalue weighted by molar-refractivity contribution is -0.122. The maximum Gasteiger partial charge on any atom is 0.265 e. The van der Waals surface area contributed by atoms with Crippen LogP contribution in [0.5, 0.6) is 5.75 Å². The largest absolute Gasteiger partial charge is 0.481 e. The number of ether oxygens (including phenoxy) is 1. The van der Waals surface area contributed by atoms with Crippen molar-refractivity contribution in [2.75, 3.05) is 12.4 Å². The zero-order valence-electron chi connectivity index (χ0n) is 17.8. The average Bonchev–Trinajstić information content (AvgIpc) is 2.75. The lowest BCUT2D eigenvalue weighted by Gasteiger charge is -2.30. The molecular weight excluding hydrogens is 400 g/mol. The first-order chi connectivity index (χ1) is 14.3. The number of carbonyl (C=O) groups excluding carboxylic acids is 1. The van der Waals surface area contributed by atoms with E-state index in [9.17, 15) is 13.2 Å². The van der Waals surface area contributed by atoms with Gasteiger partial charge in [0.1, 0.15) is 5.75 Å². The van der Waals surface area contributed by atoms with E-state index >= 15 is 0 Å². The van der Waals surface area contributed by atoms with Gasteiger partial charge in [-0.1, -0.05) is 37.0 Å². The van der Waals surface area contributed by atoms with Crippen LogP contribution in [0.1, 0.15) is 44.6 Å². The molecule has 0 spiro atoms. The van der Waals surface area contributed by atoms with E-state index in [1.54, 1.807) is 26.1 Å². The minimum Gasteiger partial charge on any atom is -0.481 e. The fourth-order valence-corrected chi connectivity index (χ4v) is 5.05. The monoisotopic (exact) mass is 430 g/mol. The minimum absolute atomic E-state index is 0.0582. The Morgan fingerprint density at radius 2 is 1.63 bits per heavy atom. The van der Waals surface area contributed by atoms with Crippen LogP contribution >= 0.6 is 0 Å². The Hall–Kier alpha value is -2.38. The highest BCUT2D eigenvalue weighted by atomic mass is 32.2. The van der Waals surface area contributed by atoms with E-state index in [1.165, 1.54) is 22.9 Å². The highest BCUT2D eigenvalue weighted by Gasteiger charge is 2.29. The summed E-state index contributed by atoms with van der Waals surface area (Å²) in [7, 11) is -1.89. The van der Waals surface area contributed by atoms with Gasteiger partial charge in [-0.3, -0.25) is 4.79 Å². The van der Waals surface area contributed by atoms with Crippen LogP contribution in [0.4, 0.5) is 5.69 Å². The maximum atomic E-state index is 12.9. The molecular formula is C23H30N2O4S. The van der Waals surface area contributed by atoms with E-state index < -0.39 is 16.1 Å². The van der Waals surface area contributed by atoms with Gasteiger partial charge in [0.15, 0.2) is 6.10 Å². The number of hydrogen-bond donors (Lipinski definition) is 1. The molecule has 1 atom stereocenters. The number of aryl methyl sites for hydroxylation is 1. The van der Waals surface area contributed by atoms with E-state index in [1.807, 2.05) is 31.2 Å². The third kappa shape index (κ3) is 5.40. The van der Waals surface area contributed by atoms with Gasteiger partial charge in [-0.15, -0.1) is 0 Å². The molecule has 2 aromatic carbocycles. The van der Waals surface area contributed by atoms with Crippen LogP contribution in [0.25, 0.3) is 0 Å². The molecule has 1 aliphatic rings. The summed E-state index contributed by atoms with van der Waals surface area (Å²) in [5.74, 6) is 0.320. The number of benzene rings is 2. The van der Waals surface area contributed by atoms with E-state index in [4.69, 9.17) is 4.74 Å². The zero-order valence-corrected chi connectivity index (χ0v) is 18.6. The minimum atomic E-state index is -3.55. The Bertz CT molecular complexity index is 950. The molecule has 0 bridgehead atoms. The van der Waals surface area contributed by atoms with E-state index in [-0.39, 0.29) is 16.8 Å². The molecule has 7 heteroatoms. The Kier molecular flexibility index (Phi) is 7.15. The number of amides is 1. The predicted octanol–water partition coefficient (Wildman–Crippen LogP) is 4.35. The Labute approximate surface area is 179 Å². The summed E-state index contributed by atoms with van der Waals surface area (Å²) in [6.45, 7) is 3.66. The summed E-state index contributed by atoms with van der Waals surface area (Å²) in [6.07, 6.45) is 4.43. The van der Waals surface area contributed by atoms with E-state index in [0.717, 1.165) is 31.2 Å². The van der Waals surface area contributed by atoms with Crippen LogP contribution < -0.4 is 10.1 Å². The topological polar surface area (TPSA) is 75.7 Å². The van der Waals surface area contributed by atoms with Crippen molar-refractivity contribution in [1.29, 1.82) is 0 Å². The van der Waals surface area contributed by atoms with Crippen LogP contribution in [-0.2, 0) is 14.8 Å². The van der Waals surface area contributed by atoms with Gasteiger partial charge >= 0.3 is 0 Å². The van der Waals surface area contributed by atoms with Gasteiger partial charge in [-0.2, -0.15) is 4.31 Å². The van der Waals surface area contributed by atoms with Gasteiger partial charge in [0, 0.05) is 18.8 Å². The molecule has 1 unspecified atom stereocenters. The van der Waals surface area contributed by atoms with Crippen molar-refractivity contribution in [3.8, 4) is 5.75 Å². The van der Waals surface area contributed by atoms with E-state index in [0.29, 0.717) is 11.4 Å². The number of carbonyl (C=O) groups is 1. The van der Waals surface area contributed by atoms with E-state index in [2.05, 4.69) is 5.32 Å². The predicted molar refractivity (Wildman–Crippen MR) is 118 cm³/mol. The van der Waals surface area contributed by atoms with Crippen molar-refractivity contribution >= 4 is 21.6 Å². The quantitative estimate of drug-likeness (QED) is 0.708. The van der Waals surface area contributed by atoms with Crippen molar-refractivity contribution in [2.45, 2.75) is 63.0 Å². The fourth-order valence-electron chi connectivity index (χ4n) is 3.64. The summed E-state index contributed by atoms with van der Waals surface area (Å²) in [6, 6.07) is 13.8. The SMILES string of the molecule is Cc1ccc(OC(C)C(=O)Nc2ccc(S(=O)(=O)N(C)C3CCCCC3)cc2)cc1. The molecule has 6 nitrogen and oxygen atoms in total. The maximum absolute atomic E-state index is 12.9. The molecule has 30 heavy (non-hydrogen) atoms. The molecule has 0 radical (unpaired) electrons. The first-order valence-corrected chi connectivity index (χ1v) is 11.8. The third-order valence-electron chi connectivity index (χ3n) is 5.59. The van der Waals surface area contributed by atoms with Gasteiger partial charge in [-0.25, -0.2) is 8.42 Å². The molecule has 162 valence electrons. The number of anilines is 1. The highest BCUT2D eigenvalue weighted by Crippen LogP contribution is 2.27. The second-order valence-electron chi connectivity index (χ2n) is 7.90. The summed E-state index contributed by atoms with van der Waals surface area (Å²) < 4.78 is 33.0. The second kappa shape index (κ2) is 9.62. The molecule has 2 aromatic rings. The van der Waals surface area contributed by atoms with Crippen LogP contribution in [0.2, 0.25) is 0 Å². The summed E-state index contributed by atoms with van der Waals surface area (Å²) in [5, 5.41) is 2.77. The van der Waals surface area contributed by atoms with Crippen molar-refractivity contribution in [1.82, 2.24) is 4.31 Å². The van der Waals surface area contributed by atoms with Crippen molar-refractivity contribution in [2.24, 2.45) is 0 Å². The highest BCUT2D eigenvalue weighted by molar-refractivity contribution is 7.89. The lowest BCUT2D eigenvalue weighted by Crippen LogP contribution is -2.38. The van der Waals surface area contributed by atoms with Crippen molar-refractivity contribution in [3.05, 3.63) is 54.1 Å². The third-order valence-corrected chi connectivity index (χ3v) is 7.52. The molecule has 1 amide bonds. The summed E-state index contributed by atoms with van der Waals surface area (Å²) in [4.78, 5) is 12.7. The molecule has 0 aromatic heterocycles. The van der Waals surface area contributed by atoms with Crippen LogP contribution in [0.3, 0.4) is 0 Å². The van der Waals surface area contributed by atoms with Gasteiger partial charge in [0.25, 0.3) is 5.91 Å².